The van der Waals surface area contributed by atoms with Gasteiger partial charge < -0.3 is 10.2 Å². The lowest BCUT2D eigenvalue weighted by Crippen LogP contribution is -2.46. The summed E-state index contributed by atoms with van der Waals surface area (Å²) in [5.74, 6) is 0.654. The monoisotopic (exact) mass is 266 g/mol. The molecule has 1 fully saturated rings. The Morgan fingerprint density at radius 1 is 1.39 bits per heavy atom. The molecule has 1 unspecified atom stereocenters. The third-order valence-electron chi connectivity index (χ3n) is 3.55. The van der Waals surface area contributed by atoms with E-state index in [9.17, 15) is 0 Å². The van der Waals surface area contributed by atoms with Gasteiger partial charge in [0.15, 0.2) is 0 Å². The SMILES string of the molecule is Cc1cc(Cl)ccc1N1CC(C)CNC(C)(C)C1. The first-order chi connectivity index (χ1) is 8.37. The van der Waals surface area contributed by atoms with Crippen molar-refractivity contribution in [2.75, 3.05) is 24.5 Å². The molecule has 0 aliphatic carbocycles. The maximum absolute atomic E-state index is 6.04. The maximum atomic E-state index is 6.04. The molecule has 100 valence electrons. The van der Waals surface area contributed by atoms with Crippen molar-refractivity contribution in [3.8, 4) is 0 Å². The van der Waals surface area contributed by atoms with E-state index in [0.29, 0.717) is 5.92 Å². The summed E-state index contributed by atoms with van der Waals surface area (Å²) in [4.78, 5) is 2.48. The van der Waals surface area contributed by atoms with Gasteiger partial charge in [-0.1, -0.05) is 18.5 Å². The van der Waals surface area contributed by atoms with Crippen LogP contribution < -0.4 is 10.2 Å². The largest absolute Gasteiger partial charge is 0.369 e. The van der Waals surface area contributed by atoms with Gasteiger partial charge in [-0.2, -0.15) is 0 Å². The molecule has 18 heavy (non-hydrogen) atoms. The zero-order chi connectivity index (χ0) is 13.3. The van der Waals surface area contributed by atoms with Crippen molar-refractivity contribution in [3.05, 3.63) is 28.8 Å². The molecule has 1 atom stereocenters. The summed E-state index contributed by atoms with van der Waals surface area (Å²) in [6.45, 7) is 12.2. The molecule has 0 bridgehead atoms. The predicted octanol–water partition coefficient (Wildman–Crippen LogP) is 3.47. The summed E-state index contributed by atoms with van der Waals surface area (Å²) in [5, 5.41) is 4.45. The van der Waals surface area contributed by atoms with Crippen molar-refractivity contribution < 1.29 is 0 Å². The molecule has 2 rings (SSSR count). The Morgan fingerprint density at radius 2 is 2.11 bits per heavy atom. The third-order valence-corrected chi connectivity index (χ3v) is 3.78. The van der Waals surface area contributed by atoms with Crippen LogP contribution >= 0.6 is 11.6 Å². The fraction of sp³-hybridized carbons (Fsp3) is 0.600. The van der Waals surface area contributed by atoms with E-state index in [1.54, 1.807) is 0 Å². The lowest BCUT2D eigenvalue weighted by Gasteiger charge is -2.32. The molecule has 0 aromatic heterocycles. The first-order valence-electron chi connectivity index (χ1n) is 6.63. The molecule has 0 saturated carbocycles. The van der Waals surface area contributed by atoms with Crippen LogP contribution in [0.3, 0.4) is 0 Å². The number of anilines is 1. The van der Waals surface area contributed by atoms with Gasteiger partial charge in [0.05, 0.1) is 0 Å². The fourth-order valence-electron chi connectivity index (χ4n) is 2.65. The topological polar surface area (TPSA) is 15.3 Å². The third kappa shape index (κ3) is 3.18. The van der Waals surface area contributed by atoms with Gasteiger partial charge in [0.25, 0.3) is 0 Å². The quantitative estimate of drug-likeness (QED) is 0.837. The van der Waals surface area contributed by atoms with Gasteiger partial charge >= 0.3 is 0 Å². The number of aryl methyl sites for hydroxylation is 1. The highest BCUT2D eigenvalue weighted by molar-refractivity contribution is 6.30. The highest BCUT2D eigenvalue weighted by Crippen LogP contribution is 2.27. The molecule has 0 amide bonds. The molecule has 1 aromatic carbocycles. The van der Waals surface area contributed by atoms with E-state index in [-0.39, 0.29) is 5.54 Å². The minimum atomic E-state index is 0.150. The van der Waals surface area contributed by atoms with Gasteiger partial charge in [0, 0.05) is 29.3 Å². The molecule has 2 nitrogen and oxygen atoms in total. The molecule has 0 radical (unpaired) electrons. The van der Waals surface area contributed by atoms with Gasteiger partial charge in [-0.15, -0.1) is 0 Å². The van der Waals surface area contributed by atoms with Gasteiger partial charge in [0.1, 0.15) is 0 Å². The molecule has 1 saturated heterocycles. The number of nitrogens with one attached hydrogen (secondary N) is 1. The smallest absolute Gasteiger partial charge is 0.0410 e. The van der Waals surface area contributed by atoms with Crippen LogP contribution in [0.2, 0.25) is 5.02 Å². The minimum Gasteiger partial charge on any atom is -0.369 e. The molecule has 1 N–H and O–H groups in total. The lowest BCUT2D eigenvalue weighted by atomic mass is 10.0. The maximum Gasteiger partial charge on any atom is 0.0410 e. The van der Waals surface area contributed by atoms with E-state index in [0.717, 1.165) is 24.7 Å². The number of rotatable bonds is 1. The normalized spacial score (nSPS) is 23.8. The van der Waals surface area contributed by atoms with Gasteiger partial charge in [-0.3, -0.25) is 0 Å². The van der Waals surface area contributed by atoms with Crippen LogP contribution in [0.5, 0.6) is 0 Å². The molecular weight excluding hydrogens is 244 g/mol. The molecule has 1 aliphatic heterocycles. The summed E-state index contributed by atoms with van der Waals surface area (Å²) in [7, 11) is 0. The van der Waals surface area contributed by atoms with Crippen molar-refractivity contribution in [1.29, 1.82) is 0 Å². The van der Waals surface area contributed by atoms with Gasteiger partial charge in [0.2, 0.25) is 0 Å². The number of hydrogen-bond donors (Lipinski definition) is 1. The van der Waals surface area contributed by atoms with Crippen LogP contribution in [-0.2, 0) is 0 Å². The van der Waals surface area contributed by atoms with E-state index >= 15 is 0 Å². The first kappa shape index (κ1) is 13.7. The number of nitrogens with zero attached hydrogens (tertiary/aromatic N) is 1. The summed E-state index contributed by atoms with van der Waals surface area (Å²) < 4.78 is 0. The Morgan fingerprint density at radius 3 is 2.78 bits per heavy atom. The Kier molecular flexibility index (Phi) is 3.88. The second kappa shape index (κ2) is 5.10. The molecule has 1 aliphatic rings. The average molecular weight is 267 g/mol. The molecule has 1 aromatic rings. The Bertz CT molecular complexity index is 429. The van der Waals surface area contributed by atoms with E-state index in [1.165, 1.54) is 11.3 Å². The van der Waals surface area contributed by atoms with Crippen LogP contribution in [-0.4, -0.2) is 25.2 Å². The van der Waals surface area contributed by atoms with E-state index in [2.05, 4.69) is 44.0 Å². The highest BCUT2D eigenvalue weighted by Gasteiger charge is 2.27. The van der Waals surface area contributed by atoms with Crippen LogP contribution in [0.4, 0.5) is 5.69 Å². The number of benzene rings is 1. The fourth-order valence-corrected chi connectivity index (χ4v) is 2.87. The van der Waals surface area contributed by atoms with Crippen molar-refractivity contribution in [3.63, 3.8) is 0 Å². The van der Waals surface area contributed by atoms with Crippen LogP contribution in [0, 0.1) is 12.8 Å². The Hall–Kier alpha value is -0.730. The summed E-state index contributed by atoms with van der Waals surface area (Å²) >= 11 is 6.04. The Balaban J connectivity index is 2.29. The second-order valence-electron chi connectivity index (χ2n) is 6.18. The van der Waals surface area contributed by atoms with Crippen molar-refractivity contribution >= 4 is 17.3 Å². The van der Waals surface area contributed by atoms with E-state index < -0.39 is 0 Å². The summed E-state index contributed by atoms with van der Waals surface area (Å²) in [5.41, 5.74) is 2.71. The minimum absolute atomic E-state index is 0.150. The predicted molar refractivity (Wildman–Crippen MR) is 79.6 cm³/mol. The summed E-state index contributed by atoms with van der Waals surface area (Å²) in [6, 6.07) is 6.18. The van der Waals surface area contributed by atoms with Crippen molar-refractivity contribution in [2.45, 2.75) is 33.2 Å². The second-order valence-corrected chi connectivity index (χ2v) is 6.62. The van der Waals surface area contributed by atoms with Crippen LogP contribution in [0.1, 0.15) is 26.3 Å². The standard InChI is InChI=1S/C15H23ClN2/c1-11-8-17-15(3,4)10-18(9-11)14-6-5-13(16)7-12(14)2/h5-7,11,17H,8-10H2,1-4H3. The van der Waals surface area contributed by atoms with E-state index in [4.69, 9.17) is 11.6 Å². The zero-order valence-electron chi connectivity index (χ0n) is 11.8. The van der Waals surface area contributed by atoms with E-state index in [1.807, 2.05) is 12.1 Å². The van der Waals surface area contributed by atoms with Crippen LogP contribution in [0.15, 0.2) is 18.2 Å². The van der Waals surface area contributed by atoms with Gasteiger partial charge in [-0.05, 0) is 57.0 Å². The molecule has 3 heteroatoms. The zero-order valence-corrected chi connectivity index (χ0v) is 12.5. The average Bonchev–Trinajstić information content (AvgIpc) is 2.37. The van der Waals surface area contributed by atoms with Crippen molar-refractivity contribution in [2.24, 2.45) is 5.92 Å². The van der Waals surface area contributed by atoms with Gasteiger partial charge in [-0.25, -0.2) is 0 Å². The Labute approximate surface area is 115 Å². The molecular formula is C15H23ClN2. The molecule has 0 spiro atoms. The molecule has 1 heterocycles. The van der Waals surface area contributed by atoms with Crippen LogP contribution in [0.25, 0.3) is 0 Å². The number of halogens is 1. The first-order valence-corrected chi connectivity index (χ1v) is 7.01. The number of hydrogen-bond acceptors (Lipinski definition) is 2. The highest BCUT2D eigenvalue weighted by atomic mass is 35.5. The van der Waals surface area contributed by atoms with Crippen molar-refractivity contribution in [1.82, 2.24) is 5.32 Å². The summed E-state index contributed by atoms with van der Waals surface area (Å²) in [6.07, 6.45) is 0. The lowest BCUT2D eigenvalue weighted by molar-refractivity contribution is 0.402.